The van der Waals surface area contributed by atoms with E-state index in [0.29, 0.717) is 22.5 Å². The Hall–Kier alpha value is -1.11. The minimum Gasteiger partial charge on any atom is -0.384 e. The van der Waals surface area contributed by atoms with Crippen molar-refractivity contribution in [2.45, 2.75) is 50.1 Å². The van der Waals surface area contributed by atoms with E-state index in [-0.39, 0.29) is 6.04 Å². The third-order valence-corrected chi connectivity index (χ3v) is 5.45. The van der Waals surface area contributed by atoms with E-state index in [1.165, 1.54) is 0 Å². The van der Waals surface area contributed by atoms with Crippen LogP contribution in [0.3, 0.4) is 0 Å². The molecule has 0 radical (unpaired) electrons. The van der Waals surface area contributed by atoms with Gasteiger partial charge in [0.25, 0.3) is 0 Å². The van der Waals surface area contributed by atoms with Crippen molar-refractivity contribution in [2.24, 2.45) is 11.7 Å². The normalized spacial score (nSPS) is 22.7. The van der Waals surface area contributed by atoms with E-state index in [2.05, 4.69) is 10.0 Å². The Kier molecular flexibility index (Phi) is 5.24. The molecule has 21 heavy (non-hydrogen) atoms. The topological polar surface area (TPSA) is 84.2 Å². The van der Waals surface area contributed by atoms with E-state index in [1.807, 2.05) is 26.0 Å². The quantitative estimate of drug-likeness (QED) is 0.749. The van der Waals surface area contributed by atoms with Crippen LogP contribution in [0.15, 0.2) is 29.2 Å². The number of nitrogens with two attached hydrogens (primary N) is 1. The number of benzene rings is 1. The lowest BCUT2D eigenvalue weighted by molar-refractivity contribution is 0.562. The van der Waals surface area contributed by atoms with Gasteiger partial charge in [-0.05, 0) is 51.2 Å². The van der Waals surface area contributed by atoms with Gasteiger partial charge in [0.05, 0.1) is 5.69 Å². The van der Waals surface area contributed by atoms with E-state index in [1.54, 1.807) is 12.1 Å². The summed E-state index contributed by atoms with van der Waals surface area (Å²) < 4.78 is 27.3. The smallest absolute Gasteiger partial charge is 0.242 e. The highest BCUT2D eigenvalue weighted by Gasteiger charge is 2.23. The Balaban J connectivity index is 2.10. The van der Waals surface area contributed by atoms with Gasteiger partial charge < -0.3 is 11.1 Å². The first-order valence-electron chi connectivity index (χ1n) is 7.49. The van der Waals surface area contributed by atoms with Crippen molar-refractivity contribution in [3.05, 3.63) is 24.3 Å². The Morgan fingerprint density at radius 2 is 2.00 bits per heavy atom. The third-order valence-electron chi connectivity index (χ3n) is 3.73. The van der Waals surface area contributed by atoms with Crippen molar-refractivity contribution in [2.75, 3.05) is 11.9 Å². The molecule has 1 aliphatic rings. The number of sulfonamides is 1. The van der Waals surface area contributed by atoms with E-state index < -0.39 is 10.0 Å². The van der Waals surface area contributed by atoms with Crippen molar-refractivity contribution in [3.8, 4) is 0 Å². The fourth-order valence-electron chi connectivity index (χ4n) is 2.77. The van der Waals surface area contributed by atoms with Crippen LogP contribution in [0, 0.1) is 5.92 Å². The zero-order valence-corrected chi connectivity index (χ0v) is 13.5. The molecule has 1 saturated carbocycles. The first kappa shape index (κ1) is 16.3. The summed E-state index contributed by atoms with van der Waals surface area (Å²) in [7, 11) is -3.48. The first-order valence-corrected chi connectivity index (χ1v) is 8.97. The average Bonchev–Trinajstić information content (AvgIpc) is 2.81. The first-order chi connectivity index (χ1) is 9.88. The molecular formula is C15H25N3O2S. The molecule has 0 amide bonds. The van der Waals surface area contributed by atoms with E-state index >= 15 is 0 Å². The predicted octanol–water partition coefficient (Wildman–Crippen LogP) is 1.91. The summed E-state index contributed by atoms with van der Waals surface area (Å²) >= 11 is 0. The second-order valence-corrected chi connectivity index (χ2v) is 7.77. The molecule has 0 spiro atoms. The highest BCUT2D eigenvalue weighted by molar-refractivity contribution is 7.89. The van der Waals surface area contributed by atoms with Crippen LogP contribution >= 0.6 is 0 Å². The monoisotopic (exact) mass is 311 g/mol. The lowest BCUT2D eigenvalue weighted by Crippen LogP contribution is -2.31. The van der Waals surface area contributed by atoms with Gasteiger partial charge in [-0.25, -0.2) is 13.1 Å². The van der Waals surface area contributed by atoms with Crippen LogP contribution in [0.25, 0.3) is 0 Å². The van der Waals surface area contributed by atoms with Gasteiger partial charge in [0.1, 0.15) is 4.90 Å². The molecule has 2 rings (SSSR count). The molecule has 1 aromatic carbocycles. The van der Waals surface area contributed by atoms with Crippen molar-refractivity contribution in [3.63, 3.8) is 0 Å². The third kappa shape index (κ3) is 4.43. The fraction of sp³-hybridized carbons (Fsp3) is 0.600. The molecule has 1 fully saturated rings. The van der Waals surface area contributed by atoms with Crippen molar-refractivity contribution < 1.29 is 8.42 Å². The van der Waals surface area contributed by atoms with E-state index in [4.69, 9.17) is 5.73 Å². The number of para-hydroxylation sites is 1. The van der Waals surface area contributed by atoms with Gasteiger partial charge in [-0.1, -0.05) is 12.1 Å². The molecule has 2 unspecified atom stereocenters. The molecule has 1 aliphatic carbocycles. The molecule has 0 bridgehead atoms. The predicted molar refractivity (Wildman–Crippen MR) is 85.7 cm³/mol. The van der Waals surface area contributed by atoms with Crippen molar-refractivity contribution in [1.29, 1.82) is 0 Å². The van der Waals surface area contributed by atoms with Crippen LogP contribution in [-0.2, 0) is 10.0 Å². The SMILES string of the molecule is CC(C)NS(=O)(=O)c1ccccc1NCC1CCC(N)C1. The highest BCUT2D eigenvalue weighted by atomic mass is 32.2. The van der Waals surface area contributed by atoms with Gasteiger partial charge in [-0.15, -0.1) is 0 Å². The number of anilines is 1. The van der Waals surface area contributed by atoms with Gasteiger partial charge in [-0.3, -0.25) is 0 Å². The zero-order chi connectivity index (χ0) is 15.5. The summed E-state index contributed by atoms with van der Waals surface area (Å²) in [6, 6.07) is 7.19. The van der Waals surface area contributed by atoms with E-state index in [0.717, 1.165) is 25.8 Å². The summed E-state index contributed by atoms with van der Waals surface area (Å²) in [5.74, 6) is 0.522. The van der Waals surface area contributed by atoms with E-state index in [9.17, 15) is 8.42 Å². The Labute approximate surface area is 127 Å². The molecule has 118 valence electrons. The lowest BCUT2D eigenvalue weighted by atomic mass is 10.1. The largest absolute Gasteiger partial charge is 0.384 e. The summed E-state index contributed by atoms with van der Waals surface area (Å²) in [6.45, 7) is 4.39. The lowest BCUT2D eigenvalue weighted by Gasteiger charge is -2.17. The van der Waals surface area contributed by atoms with Gasteiger partial charge in [0, 0.05) is 18.6 Å². The summed E-state index contributed by atoms with van der Waals surface area (Å²) in [5, 5.41) is 3.28. The second kappa shape index (κ2) is 6.77. The van der Waals surface area contributed by atoms with Crippen LogP contribution < -0.4 is 15.8 Å². The molecular weight excluding hydrogens is 286 g/mol. The number of hydrogen-bond donors (Lipinski definition) is 3. The maximum Gasteiger partial charge on any atom is 0.242 e. The fourth-order valence-corrected chi connectivity index (χ4v) is 4.21. The minimum absolute atomic E-state index is 0.129. The molecule has 0 aromatic heterocycles. The Morgan fingerprint density at radius 1 is 1.29 bits per heavy atom. The molecule has 0 heterocycles. The summed E-state index contributed by atoms with van der Waals surface area (Å²) in [5.41, 5.74) is 6.57. The average molecular weight is 311 g/mol. The van der Waals surface area contributed by atoms with Gasteiger partial charge in [0.2, 0.25) is 10.0 Å². The maximum atomic E-state index is 12.3. The Morgan fingerprint density at radius 3 is 2.62 bits per heavy atom. The number of rotatable bonds is 6. The summed E-state index contributed by atoms with van der Waals surface area (Å²) in [4.78, 5) is 0.306. The van der Waals surface area contributed by atoms with Gasteiger partial charge in [0.15, 0.2) is 0 Å². The minimum atomic E-state index is -3.48. The van der Waals surface area contributed by atoms with Crippen LogP contribution in [0.1, 0.15) is 33.1 Å². The van der Waals surface area contributed by atoms with Crippen LogP contribution in [0.4, 0.5) is 5.69 Å². The van der Waals surface area contributed by atoms with Crippen molar-refractivity contribution >= 4 is 15.7 Å². The molecule has 1 aromatic rings. The number of hydrogen-bond acceptors (Lipinski definition) is 4. The Bertz CT molecular complexity index is 572. The highest BCUT2D eigenvalue weighted by Crippen LogP contribution is 2.26. The molecule has 6 heteroatoms. The van der Waals surface area contributed by atoms with Gasteiger partial charge >= 0.3 is 0 Å². The standard InChI is InChI=1S/C15H25N3O2S/c1-11(2)18-21(19,20)15-6-4-3-5-14(15)17-10-12-7-8-13(16)9-12/h3-6,11-13,17-18H,7-10,16H2,1-2H3. The molecule has 2 atom stereocenters. The second-order valence-electron chi connectivity index (χ2n) is 6.09. The molecule has 0 saturated heterocycles. The van der Waals surface area contributed by atoms with Crippen LogP contribution in [-0.4, -0.2) is 27.0 Å². The molecule has 4 N–H and O–H groups in total. The maximum absolute atomic E-state index is 12.3. The van der Waals surface area contributed by atoms with Crippen LogP contribution in [0.2, 0.25) is 0 Å². The molecule has 0 aliphatic heterocycles. The van der Waals surface area contributed by atoms with Gasteiger partial charge in [-0.2, -0.15) is 0 Å². The zero-order valence-electron chi connectivity index (χ0n) is 12.7. The molecule has 5 nitrogen and oxygen atoms in total. The summed E-state index contributed by atoms with van der Waals surface area (Å²) in [6.07, 6.45) is 3.17. The van der Waals surface area contributed by atoms with Crippen LogP contribution in [0.5, 0.6) is 0 Å². The van der Waals surface area contributed by atoms with Crippen molar-refractivity contribution in [1.82, 2.24) is 4.72 Å². The number of nitrogens with one attached hydrogen (secondary N) is 2.